The number of rotatable bonds is 5. The molecule has 0 bridgehead atoms. The quantitative estimate of drug-likeness (QED) is 0.861. The fraction of sp³-hybridized carbons (Fsp3) is 0.417. The number of nitrogens with one attached hydrogen (secondary N) is 1. The molecule has 3 nitrogen and oxygen atoms in total. The van der Waals surface area contributed by atoms with Crippen molar-refractivity contribution < 1.29 is 18.7 Å². The van der Waals surface area contributed by atoms with Gasteiger partial charge in [0.25, 0.3) is 5.91 Å². The lowest BCUT2D eigenvalue weighted by Gasteiger charge is -2.21. The number of carbonyl (C=O) groups is 1. The number of carbonyl (C=O) groups excluding carboxylic acids is 1. The molecule has 1 amide bonds. The van der Waals surface area contributed by atoms with Gasteiger partial charge < -0.3 is 10.4 Å². The lowest BCUT2D eigenvalue weighted by molar-refractivity contribution is 0.0931. The molecular formula is C12H15F2NO2S. The molecule has 0 spiro atoms. The molecule has 2 atom stereocenters. The SMILES string of the molecule is CSC(CO)C(C)NC(=O)c1cc(F)ccc1F. The summed E-state index contributed by atoms with van der Waals surface area (Å²) in [5.41, 5.74) is -0.334. The molecule has 6 heteroatoms. The smallest absolute Gasteiger partial charge is 0.254 e. The van der Waals surface area contributed by atoms with Gasteiger partial charge >= 0.3 is 0 Å². The van der Waals surface area contributed by atoms with E-state index in [0.717, 1.165) is 18.2 Å². The average Bonchev–Trinajstić information content (AvgIpc) is 2.33. The zero-order valence-electron chi connectivity index (χ0n) is 10.1. The van der Waals surface area contributed by atoms with Crippen molar-refractivity contribution in [1.82, 2.24) is 5.32 Å². The highest BCUT2D eigenvalue weighted by Gasteiger charge is 2.20. The lowest BCUT2D eigenvalue weighted by Crippen LogP contribution is -2.41. The van der Waals surface area contributed by atoms with Crippen molar-refractivity contribution in [3.05, 3.63) is 35.4 Å². The predicted octanol–water partition coefficient (Wildman–Crippen LogP) is 1.81. The first-order chi connectivity index (χ1) is 8.49. The number of hydrogen-bond acceptors (Lipinski definition) is 3. The zero-order chi connectivity index (χ0) is 13.7. The molecule has 2 unspecified atom stereocenters. The molecular weight excluding hydrogens is 260 g/mol. The van der Waals surface area contributed by atoms with E-state index in [4.69, 9.17) is 5.11 Å². The summed E-state index contributed by atoms with van der Waals surface area (Å²) in [7, 11) is 0. The average molecular weight is 275 g/mol. The number of aliphatic hydroxyl groups is 1. The van der Waals surface area contributed by atoms with Crippen LogP contribution in [0.25, 0.3) is 0 Å². The second kappa shape index (κ2) is 6.70. The number of hydrogen-bond donors (Lipinski definition) is 2. The topological polar surface area (TPSA) is 49.3 Å². The molecule has 1 rings (SSSR count). The minimum absolute atomic E-state index is 0.103. The van der Waals surface area contributed by atoms with Gasteiger partial charge in [-0.2, -0.15) is 11.8 Å². The van der Waals surface area contributed by atoms with Crippen LogP contribution in [-0.2, 0) is 0 Å². The first-order valence-electron chi connectivity index (χ1n) is 5.39. The Hall–Kier alpha value is -1.14. The maximum absolute atomic E-state index is 13.4. The summed E-state index contributed by atoms with van der Waals surface area (Å²) in [4.78, 5) is 11.8. The van der Waals surface area contributed by atoms with Crippen molar-refractivity contribution >= 4 is 17.7 Å². The summed E-state index contributed by atoms with van der Waals surface area (Å²) in [6.07, 6.45) is 1.80. The largest absolute Gasteiger partial charge is 0.395 e. The summed E-state index contributed by atoms with van der Waals surface area (Å²) >= 11 is 1.39. The monoisotopic (exact) mass is 275 g/mol. The standard InChI is InChI=1S/C12H15F2NO2S/c1-7(11(6-16)18-2)15-12(17)9-5-8(13)3-4-10(9)14/h3-5,7,11,16H,6H2,1-2H3,(H,15,17). The van der Waals surface area contributed by atoms with Gasteiger partial charge in [-0.25, -0.2) is 8.78 Å². The van der Waals surface area contributed by atoms with E-state index < -0.39 is 17.5 Å². The zero-order valence-corrected chi connectivity index (χ0v) is 10.9. The van der Waals surface area contributed by atoms with E-state index in [-0.39, 0.29) is 23.5 Å². The van der Waals surface area contributed by atoms with Crippen LogP contribution in [-0.4, -0.2) is 35.2 Å². The normalized spacial score (nSPS) is 14.1. The number of thioether (sulfide) groups is 1. The predicted molar refractivity (Wildman–Crippen MR) is 67.7 cm³/mol. The Labute approximate surface area is 109 Å². The Balaban J connectivity index is 2.79. The molecule has 0 aromatic heterocycles. The van der Waals surface area contributed by atoms with Crippen LogP contribution in [0.3, 0.4) is 0 Å². The van der Waals surface area contributed by atoms with Crippen molar-refractivity contribution in [3.63, 3.8) is 0 Å². The number of halogens is 2. The van der Waals surface area contributed by atoms with Gasteiger partial charge in [0.05, 0.1) is 12.2 Å². The molecule has 0 saturated carbocycles. The molecule has 0 radical (unpaired) electrons. The van der Waals surface area contributed by atoms with Crippen LogP contribution in [0, 0.1) is 11.6 Å². The van der Waals surface area contributed by atoms with Gasteiger partial charge in [0.1, 0.15) is 11.6 Å². The molecule has 0 heterocycles. The van der Waals surface area contributed by atoms with Gasteiger partial charge in [0, 0.05) is 11.3 Å². The molecule has 0 aliphatic heterocycles. The van der Waals surface area contributed by atoms with E-state index in [9.17, 15) is 13.6 Å². The van der Waals surface area contributed by atoms with Gasteiger partial charge in [0.2, 0.25) is 0 Å². The van der Waals surface area contributed by atoms with Gasteiger partial charge in [-0.1, -0.05) is 0 Å². The highest BCUT2D eigenvalue weighted by atomic mass is 32.2. The molecule has 0 fully saturated rings. The fourth-order valence-corrected chi connectivity index (χ4v) is 2.11. The van der Waals surface area contributed by atoms with Crippen molar-refractivity contribution in [3.8, 4) is 0 Å². The Kier molecular flexibility index (Phi) is 5.55. The van der Waals surface area contributed by atoms with Crippen LogP contribution >= 0.6 is 11.8 Å². The molecule has 1 aromatic carbocycles. The maximum Gasteiger partial charge on any atom is 0.254 e. The number of benzene rings is 1. The minimum atomic E-state index is -0.772. The first-order valence-corrected chi connectivity index (χ1v) is 6.68. The fourth-order valence-electron chi connectivity index (χ4n) is 1.49. The van der Waals surface area contributed by atoms with E-state index in [1.807, 2.05) is 0 Å². The highest BCUT2D eigenvalue weighted by molar-refractivity contribution is 7.99. The van der Waals surface area contributed by atoms with Gasteiger partial charge in [0.15, 0.2) is 0 Å². The second-order valence-corrected chi connectivity index (χ2v) is 4.92. The second-order valence-electron chi connectivity index (χ2n) is 3.84. The van der Waals surface area contributed by atoms with E-state index >= 15 is 0 Å². The van der Waals surface area contributed by atoms with Crippen molar-refractivity contribution in [1.29, 1.82) is 0 Å². The third-order valence-corrected chi connectivity index (χ3v) is 3.73. The minimum Gasteiger partial charge on any atom is -0.395 e. The molecule has 18 heavy (non-hydrogen) atoms. The van der Waals surface area contributed by atoms with Crippen LogP contribution in [0.15, 0.2) is 18.2 Å². The van der Waals surface area contributed by atoms with E-state index in [1.54, 1.807) is 13.2 Å². The van der Waals surface area contributed by atoms with Crippen LogP contribution in [0.2, 0.25) is 0 Å². The third kappa shape index (κ3) is 3.68. The van der Waals surface area contributed by atoms with Gasteiger partial charge in [-0.05, 0) is 31.4 Å². The first kappa shape index (κ1) is 14.9. The number of amides is 1. The number of aliphatic hydroxyl groups excluding tert-OH is 1. The summed E-state index contributed by atoms with van der Waals surface area (Å²) in [5.74, 6) is -2.13. The summed E-state index contributed by atoms with van der Waals surface area (Å²) in [5, 5.41) is 11.4. The Morgan fingerprint density at radius 3 is 2.72 bits per heavy atom. The molecule has 0 aliphatic carbocycles. The van der Waals surface area contributed by atoms with Gasteiger partial charge in [-0.15, -0.1) is 0 Å². The van der Waals surface area contributed by atoms with Crippen molar-refractivity contribution in [2.75, 3.05) is 12.9 Å². The third-order valence-electron chi connectivity index (χ3n) is 2.57. The Morgan fingerprint density at radius 1 is 1.50 bits per heavy atom. The molecule has 100 valence electrons. The van der Waals surface area contributed by atoms with Crippen LogP contribution in [0.4, 0.5) is 8.78 Å². The molecule has 1 aromatic rings. The molecule has 2 N–H and O–H groups in total. The highest BCUT2D eigenvalue weighted by Crippen LogP contribution is 2.13. The molecule has 0 saturated heterocycles. The van der Waals surface area contributed by atoms with Crippen molar-refractivity contribution in [2.24, 2.45) is 0 Å². The Bertz CT molecular complexity index is 425. The van der Waals surface area contributed by atoms with E-state index in [0.29, 0.717) is 0 Å². The Morgan fingerprint density at radius 2 is 2.17 bits per heavy atom. The van der Waals surface area contributed by atoms with Gasteiger partial charge in [-0.3, -0.25) is 4.79 Å². The van der Waals surface area contributed by atoms with E-state index in [2.05, 4.69) is 5.32 Å². The van der Waals surface area contributed by atoms with Crippen molar-refractivity contribution in [2.45, 2.75) is 18.2 Å². The lowest BCUT2D eigenvalue weighted by atomic mass is 10.1. The summed E-state index contributed by atoms with van der Waals surface area (Å²) in [6.45, 7) is 1.60. The van der Waals surface area contributed by atoms with E-state index in [1.165, 1.54) is 11.8 Å². The van der Waals surface area contributed by atoms with Crippen LogP contribution < -0.4 is 5.32 Å². The maximum atomic E-state index is 13.4. The van der Waals surface area contributed by atoms with Crippen LogP contribution in [0.1, 0.15) is 17.3 Å². The van der Waals surface area contributed by atoms with Crippen LogP contribution in [0.5, 0.6) is 0 Å². The molecule has 0 aliphatic rings. The summed E-state index contributed by atoms with van der Waals surface area (Å²) < 4.78 is 26.3. The summed E-state index contributed by atoms with van der Waals surface area (Å²) in [6, 6.07) is 2.37.